The van der Waals surface area contributed by atoms with Crippen LogP contribution in [0.2, 0.25) is 15.1 Å². The van der Waals surface area contributed by atoms with Gasteiger partial charge < -0.3 is 24.6 Å². The van der Waals surface area contributed by atoms with Crippen LogP contribution in [0.1, 0.15) is 45.2 Å². The summed E-state index contributed by atoms with van der Waals surface area (Å²) in [7, 11) is 0. The molecule has 0 radical (unpaired) electrons. The van der Waals surface area contributed by atoms with E-state index in [2.05, 4.69) is 15.1 Å². The Balaban J connectivity index is 1.28. The molecule has 2 aliphatic rings. The summed E-state index contributed by atoms with van der Waals surface area (Å²) in [4.78, 5) is 9.37. The van der Waals surface area contributed by atoms with Crippen LogP contribution < -0.4 is 10.2 Å². The standard InChI is InChI=1S/C27H33Cl3N4O2/c1-16(20-7-6-19(28)11-22(20)30)31-24-21(29)8-9-23-25(24)36-26(32-23)34-13-18(14-34)17-5-4-10-33(12-17)15-27(2,3)35/h6-9,11,16-18,31,35H,4-5,10,12-15H2,1-3H3/t16-,17+/m1/s1. The van der Waals surface area contributed by atoms with Crippen molar-refractivity contribution in [3.63, 3.8) is 0 Å². The molecule has 2 aromatic carbocycles. The lowest BCUT2D eigenvalue weighted by molar-refractivity contribution is 0.0131. The Morgan fingerprint density at radius 1 is 1.11 bits per heavy atom. The molecule has 2 saturated heterocycles. The number of oxazole rings is 1. The summed E-state index contributed by atoms with van der Waals surface area (Å²) in [6.07, 6.45) is 2.42. The minimum atomic E-state index is -0.658. The van der Waals surface area contributed by atoms with E-state index in [1.807, 2.05) is 45.0 Å². The van der Waals surface area contributed by atoms with Gasteiger partial charge in [-0.15, -0.1) is 0 Å². The third-order valence-corrected chi connectivity index (χ3v) is 8.16. The molecule has 36 heavy (non-hydrogen) atoms. The predicted octanol–water partition coefficient (Wildman–Crippen LogP) is 6.88. The van der Waals surface area contributed by atoms with E-state index in [9.17, 15) is 5.11 Å². The van der Waals surface area contributed by atoms with Crippen LogP contribution in [0.3, 0.4) is 0 Å². The summed E-state index contributed by atoms with van der Waals surface area (Å²) >= 11 is 19.1. The first-order valence-corrected chi connectivity index (χ1v) is 13.7. The average molecular weight is 552 g/mol. The molecule has 2 aliphatic heterocycles. The molecule has 0 bridgehead atoms. The molecule has 0 unspecified atom stereocenters. The van der Waals surface area contributed by atoms with Crippen molar-refractivity contribution in [2.24, 2.45) is 11.8 Å². The number of halogens is 3. The summed E-state index contributed by atoms with van der Waals surface area (Å²) in [5, 5.41) is 15.4. The van der Waals surface area contributed by atoms with Gasteiger partial charge in [-0.25, -0.2) is 0 Å². The van der Waals surface area contributed by atoms with Gasteiger partial charge in [-0.05, 0) is 81.8 Å². The maximum atomic E-state index is 10.2. The fourth-order valence-corrected chi connectivity index (χ4v) is 6.28. The highest BCUT2D eigenvalue weighted by atomic mass is 35.5. The Morgan fingerprint density at radius 2 is 1.89 bits per heavy atom. The Hall–Kier alpha value is -1.70. The van der Waals surface area contributed by atoms with E-state index >= 15 is 0 Å². The minimum absolute atomic E-state index is 0.113. The molecule has 0 aliphatic carbocycles. The van der Waals surface area contributed by atoms with Crippen LogP contribution >= 0.6 is 34.8 Å². The highest BCUT2D eigenvalue weighted by Crippen LogP contribution is 2.40. The number of fused-ring (bicyclic) bond motifs is 1. The van der Waals surface area contributed by atoms with Gasteiger partial charge in [0.05, 0.1) is 22.4 Å². The molecule has 3 aromatic rings. The molecule has 0 amide bonds. The van der Waals surface area contributed by atoms with E-state index in [4.69, 9.17) is 44.2 Å². The number of anilines is 2. The number of nitrogens with one attached hydrogen (secondary N) is 1. The van der Waals surface area contributed by atoms with E-state index in [1.54, 1.807) is 6.07 Å². The third-order valence-electron chi connectivity index (χ3n) is 7.28. The van der Waals surface area contributed by atoms with Crippen LogP contribution in [0.5, 0.6) is 0 Å². The molecule has 5 rings (SSSR count). The molecule has 2 fully saturated rings. The van der Waals surface area contributed by atoms with Crippen molar-refractivity contribution >= 4 is 57.6 Å². The van der Waals surface area contributed by atoms with Crippen molar-refractivity contribution in [1.82, 2.24) is 9.88 Å². The van der Waals surface area contributed by atoms with Gasteiger partial charge in [0, 0.05) is 36.2 Å². The van der Waals surface area contributed by atoms with Crippen LogP contribution in [-0.2, 0) is 0 Å². The van der Waals surface area contributed by atoms with E-state index in [0.717, 1.165) is 43.8 Å². The third kappa shape index (κ3) is 5.58. The molecule has 2 N–H and O–H groups in total. The highest BCUT2D eigenvalue weighted by Gasteiger charge is 2.38. The molecule has 194 valence electrons. The monoisotopic (exact) mass is 550 g/mol. The largest absolute Gasteiger partial charge is 0.421 e. The maximum absolute atomic E-state index is 10.2. The maximum Gasteiger partial charge on any atom is 0.298 e. The van der Waals surface area contributed by atoms with Crippen molar-refractivity contribution in [1.29, 1.82) is 0 Å². The van der Waals surface area contributed by atoms with Gasteiger partial charge >= 0.3 is 0 Å². The summed E-state index contributed by atoms with van der Waals surface area (Å²) < 4.78 is 6.26. The van der Waals surface area contributed by atoms with E-state index in [1.165, 1.54) is 12.8 Å². The van der Waals surface area contributed by atoms with E-state index in [0.29, 0.717) is 44.2 Å². The van der Waals surface area contributed by atoms with Crippen molar-refractivity contribution in [2.45, 2.75) is 45.3 Å². The van der Waals surface area contributed by atoms with Gasteiger partial charge in [0.2, 0.25) is 0 Å². The van der Waals surface area contributed by atoms with Gasteiger partial charge in [0.15, 0.2) is 5.58 Å². The quantitative estimate of drug-likeness (QED) is 0.334. The second-order valence-electron chi connectivity index (χ2n) is 10.9. The SMILES string of the molecule is C[C@@H](Nc1c(Cl)ccc2nc(N3CC([C@H]4CCCN(CC(C)(C)O)C4)C3)oc12)c1ccc(Cl)cc1Cl. The zero-order valence-corrected chi connectivity index (χ0v) is 23.2. The normalized spacial score (nSPS) is 20.5. The zero-order chi connectivity index (χ0) is 25.6. The van der Waals surface area contributed by atoms with Crippen molar-refractivity contribution < 1.29 is 9.52 Å². The van der Waals surface area contributed by atoms with Crippen LogP contribution in [-0.4, -0.2) is 53.3 Å². The number of nitrogens with zero attached hydrogens (tertiary/aromatic N) is 3. The molecule has 3 heterocycles. The first-order valence-electron chi connectivity index (χ1n) is 12.6. The number of aromatic nitrogens is 1. The molecule has 6 nitrogen and oxygen atoms in total. The Bertz CT molecular complexity index is 1240. The van der Waals surface area contributed by atoms with Crippen molar-refractivity contribution in [3.8, 4) is 0 Å². The first-order chi connectivity index (χ1) is 17.1. The molecule has 2 atom stereocenters. The number of β-amino-alcohol motifs (C(OH)–C–C–N with tert-alkyl or cyclic N) is 1. The zero-order valence-electron chi connectivity index (χ0n) is 20.9. The van der Waals surface area contributed by atoms with Gasteiger partial charge in [-0.2, -0.15) is 4.98 Å². The predicted molar refractivity (Wildman–Crippen MR) is 149 cm³/mol. The number of piperidine rings is 1. The number of likely N-dealkylation sites (tertiary alicyclic amines) is 1. The smallest absolute Gasteiger partial charge is 0.298 e. The van der Waals surface area contributed by atoms with Crippen molar-refractivity contribution in [2.75, 3.05) is 42.9 Å². The molecular weight excluding hydrogens is 519 g/mol. The fourth-order valence-electron chi connectivity index (χ4n) is 5.51. The molecule has 0 spiro atoms. The lowest BCUT2D eigenvalue weighted by atomic mass is 9.80. The Morgan fingerprint density at radius 3 is 2.61 bits per heavy atom. The number of rotatable bonds is 7. The first kappa shape index (κ1) is 25.9. The highest BCUT2D eigenvalue weighted by molar-refractivity contribution is 6.35. The molecule has 1 aromatic heterocycles. The number of hydrogen-bond donors (Lipinski definition) is 2. The fraction of sp³-hybridized carbons (Fsp3) is 0.519. The summed E-state index contributed by atoms with van der Waals surface area (Å²) in [6.45, 7) is 10.5. The van der Waals surface area contributed by atoms with Crippen LogP contribution in [0, 0.1) is 11.8 Å². The molecule has 0 saturated carbocycles. The number of benzene rings is 2. The average Bonchev–Trinajstić information content (AvgIpc) is 3.17. The van der Waals surface area contributed by atoms with Gasteiger partial charge in [-0.3, -0.25) is 0 Å². The minimum Gasteiger partial charge on any atom is -0.421 e. The molecule has 9 heteroatoms. The Kier molecular flexibility index (Phi) is 7.36. The second-order valence-corrected chi connectivity index (χ2v) is 12.2. The van der Waals surface area contributed by atoms with E-state index in [-0.39, 0.29) is 6.04 Å². The topological polar surface area (TPSA) is 64.8 Å². The summed E-state index contributed by atoms with van der Waals surface area (Å²) in [6, 6.07) is 9.73. The Labute approximate surface area is 227 Å². The van der Waals surface area contributed by atoms with Gasteiger partial charge in [-0.1, -0.05) is 40.9 Å². The number of aliphatic hydroxyl groups is 1. The van der Waals surface area contributed by atoms with E-state index < -0.39 is 5.60 Å². The lowest BCUT2D eigenvalue weighted by Gasteiger charge is -2.46. The summed E-state index contributed by atoms with van der Waals surface area (Å²) in [5.41, 5.74) is 2.38. The van der Waals surface area contributed by atoms with Gasteiger partial charge in [0.25, 0.3) is 6.01 Å². The van der Waals surface area contributed by atoms with Crippen LogP contribution in [0.4, 0.5) is 11.7 Å². The van der Waals surface area contributed by atoms with Crippen LogP contribution in [0.25, 0.3) is 11.1 Å². The van der Waals surface area contributed by atoms with Gasteiger partial charge in [0.1, 0.15) is 5.52 Å². The van der Waals surface area contributed by atoms with Crippen molar-refractivity contribution in [3.05, 3.63) is 51.0 Å². The summed E-state index contributed by atoms with van der Waals surface area (Å²) in [5.74, 6) is 1.25. The van der Waals surface area contributed by atoms with Crippen LogP contribution in [0.15, 0.2) is 34.7 Å². The lowest BCUT2D eigenvalue weighted by Crippen LogP contribution is -2.54. The second kappa shape index (κ2) is 10.2. The number of hydrogen-bond acceptors (Lipinski definition) is 6. The molecular formula is C27H33Cl3N4O2.